The first kappa shape index (κ1) is 18.7. The molecule has 1 atom stereocenters. The Balaban J connectivity index is 3.75. The average Bonchev–Trinajstić information content (AvgIpc) is 2.35. The van der Waals surface area contributed by atoms with E-state index < -0.39 is 0 Å². The molecule has 0 saturated carbocycles. The number of nitrogens with two attached hydrogens (primary N) is 1. The Kier molecular flexibility index (Phi) is 10.8. The summed E-state index contributed by atoms with van der Waals surface area (Å²) < 4.78 is 0. The smallest absolute Gasteiger partial charge is 0.221 e. The van der Waals surface area contributed by atoms with Gasteiger partial charge in [0.1, 0.15) is 0 Å². The summed E-state index contributed by atoms with van der Waals surface area (Å²) in [6.07, 6.45) is 4.86. The van der Waals surface area contributed by atoms with E-state index >= 15 is 0 Å². The van der Waals surface area contributed by atoms with E-state index in [9.17, 15) is 4.79 Å². The Hall–Kier alpha value is -1.26. The van der Waals surface area contributed by atoms with Crippen LogP contribution in [0.4, 0.5) is 0 Å². The maximum Gasteiger partial charge on any atom is 0.221 e. The topological polar surface area (TPSA) is 79.5 Å². The fourth-order valence-electron chi connectivity index (χ4n) is 1.83. The molecule has 0 aromatic heterocycles. The first-order valence-electron chi connectivity index (χ1n) is 7.78. The predicted octanol–water partition coefficient (Wildman–Crippen LogP) is 2.02. The van der Waals surface area contributed by atoms with Gasteiger partial charge in [-0.05, 0) is 25.7 Å². The number of hydrogen-bond donors (Lipinski definition) is 3. The molecule has 4 N–H and O–H groups in total. The van der Waals surface area contributed by atoms with Gasteiger partial charge >= 0.3 is 0 Å². The summed E-state index contributed by atoms with van der Waals surface area (Å²) in [5, 5.41) is 5.98. The first-order valence-corrected chi connectivity index (χ1v) is 7.78. The van der Waals surface area contributed by atoms with Crippen LogP contribution in [0.25, 0.3) is 0 Å². The lowest BCUT2D eigenvalue weighted by Gasteiger charge is -2.15. The molecule has 5 heteroatoms. The van der Waals surface area contributed by atoms with Crippen molar-refractivity contribution in [2.75, 3.05) is 13.1 Å². The molecule has 0 rings (SSSR count). The van der Waals surface area contributed by atoms with E-state index in [1.807, 2.05) is 6.92 Å². The molecule has 1 unspecified atom stereocenters. The molecular weight excluding hydrogens is 252 g/mol. The molecule has 0 aliphatic heterocycles. The Morgan fingerprint density at radius 1 is 1.25 bits per heavy atom. The second kappa shape index (κ2) is 11.6. The summed E-state index contributed by atoms with van der Waals surface area (Å²) in [6, 6.07) is 0.325. The molecule has 0 aliphatic carbocycles. The van der Waals surface area contributed by atoms with Crippen molar-refractivity contribution in [3.05, 3.63) is 0 Å². The van der Waals surface area contributed by atoms with E-state index in [0.29, 0.717) is 25.0 Å². The minimum atomic E-state index is 0.0355. The largest absolute Gasteiger partial charge is 0.370 e. The second-order valence-corrected chi connectivity index (χ2v) is 5.74. The lowest BCUT2D eigenvalue weighted by atomic mass is 10.0. The third-order valence-corrected chi connectivity index (χ3v) is 3.01. The minimum absolute atomic E-state index is 0.0355. The molecule has 0 bridgehead atoms. The normalized spacial score (nSPS) is 13.3. The molecule has 0 aromatic carbocycles. The highest BCUT2D eigenvalue weighted by molar-refractivity contribution is 5.79. The highest BCUT2D eigenvalue weighted by Gasteiger charge is 2.04. The van der Waals surface area contributed by atoms with Crippen molar-refractivity contribution < 1.29 is 4.79 Å². The molecule has 0 heterocycles. The second-order valence-electron chi connectivity index (χ2n) is 5.74. The Labute approximate surface area is 123 Å². The number of nitrogens with one attached hydrogen (secondary N) is 2. The molecule has 0 spiro atoms. The monoisotopic (exact) mass is 284 g/mol. The van der Waals surface area contributed by atoms with E-state index in [1.54, 1.807) is 0 Å². The molecule has 0 aliphatic rings. The van der Waals surface area contributed by atoms with Gasteiger partial charge in [-0.3, -0.25) is 9.79 Å². The molecule has 5 nitrogen and oxygen atoms in total. The van der Waals surface area contributed by atoms with Crippen LogP contribution >= 0.6 is 0 Å². The molecule has 20 heavy (non-hydrogen) atoms. The summed E-state index contributed by atoms with van der Waals surface area (Å²) >= 11 is 0. The standard InChI is InChI=1S/C15H32N4O/c1-5-10-17-14(20)9-11-18-15(16)19-13(4)8-6-7-12(2)3/h12-13H,5-11H2,1-4H3,(H,17,20)(H3,16,18,19). The van der Waals surface area contributed by atoms with Crippen LogP contribution in [-0.4, -0.2) is 31.0 Å². The SMILES string of the molecule is CCCNC(=O)CCN=C(N)NC(C)CCCC(C)C. The fourth-order valence-corrected chi connectivity index (χ4v) is 1.83. The highest BCUT2D eigenvalue weighted by atomic mass is 16.1. The van der Waals surface area contributed by atoms with Gasteiger partial charge in [0, 0.05) is 19.0 Å². The van der Waals surface area contributed by atoms with Gasteiger partial charge in [0.25, 0.3) is 0 Å². The first-order chi connectivity index (χ1) is 9.45. The van der Waals surface area contributed by atoms with Gasteiger partial charge in [0.2, 0.25) is 5.91 Å². The van der Waals surface area contributed by atoms with E-state index in [4.69, 9.17) is 5.73 Å². The van der Waals surface area contributed by atoms with E-state index in [2.05, 4.69) is 36.4 Å². The average molecular weight is 284 g/mol. The van der Waals surface area contributed by atoms with Crippen LogP contribution in [0.15, 0.2) is 4.99 Å². The van der Waals surface area contributed by atoms with Crippen LogP contribution < -0.4 is 16.4 Å². The van der Waals surface area contributed by atoms with Crippen LogP contribution in [-0.2, 0) is 4.79 Å². The molecule has 0 saturated heterocycles. The number of aliphatic imine (C=N–C) groups is 1. The van der Waals surface area contributed by atoms with Crippen molar-refractivity contribution >= 4 is 11.9 Å². The van der Waals surface area contributed by atoms with E-state index in [-0.39, 0.29) is 5.91 Å². The summed E-state index contributed by atoms with van der Waals surface area (Å²) in [7, 11) is 0. The number of guanidine groups is 1. The van der Waals surface area contributed by atoms with Crippen molar-refractivity contribution in [1.29, 1.82) is 0 Å². The quantitative estimate of drug-likeness (QED) is 0.424. The maximum atomic E-state index is 11.4. The number of rotatable bonds is 10. The van der Waals surface area contributed by atoms with Gasteiger partial charge in [-0.25, -0.2) is 0 Å². The predicted molar refractivity (Wildman–Crippen MR) is 85.7 cm³/mol. The van der Waals surface area contributed by atoms with Gasteiger partial charge in [-0.1, -0.05) is 33.6 Å². The van der Waals surface area contributed by atoms with Crippen LogP contribution in [0.5, 0.6) is 0 Å². The van der Waals surface area contributed by atoms with E-state index in [0.717, 1.165) is 25.3 Å². The summed E-state index contributed by atoms with van der Waals surface area (Å²) in [6.45, 7) is 9.77. The van der Waals surface area contributed by atoms with Gasteiger partial charge in [-0.2, -0.15) is 0 Å². The third-order valence-electron chi connectivity index (χ3n) is 3.01. The van der Waals surface area contributed by atoms with Crippen molar-refractivity contribution in [2.24, 2.45) is 16.6 Å². The van der Waals surface area contributed by atoms with Crippen molar-refractivity contribution in [3.8, 4) is 0 Å². The van der Waals surface area contributed by atoms with Gasteiger partial charge < -0.3 is 16.4 Å². The number of nitrogens with zero attached hydrogens (tertiary/aromatic N) is 1. The molecule has 118 valence electrons. The van der Waals surface area contributed by atoms with E-state index in [1.165, 1.54) is 12.8 Å². The summed E-state index contributed by atoms with van der Waals surface area (Å²) in [5.41, 5.74) is 5.80. The number of amides is 1. The maximum absolute atomic E-state index is 11.4. The van der Waals surface area contributed by atoms with Crippen LogP contribution in [0, 0.1) is 5.92 Å². The van der Waals surface area contributed by atoms with Crippen molar-refractivity contribution in [1.82, 2.24) is 10.6 Å². The minimum Gasteiger partial charge on any atom is -0.370 e. The summed E-state index contributed by atoms with van der Waals surface area (Å²) in [4.78, 5) is 15.5. The molecule has 1 amide bonds. The lowest BCUT2D eigenvalue weighted by molar-refractivity contribution is -0.120. The number of carbonyl (C=O) groups is 1. The van der Waals surface area contributed by atoms with Gasteiger partial charge in [0.05, 0.1) is 6.54 Å². The molecular formula is C15H32N4O. The van der Waals surface area contributed by atoms with Crippen LogP contribution in [0.2, 0.25) is 0 Å². The van der Waals surface area contributed by atoms with Crippen molar-refractivity contribution in [2.45, 2.75) is 65.8 Å². The Bertz CT molecular complexity index is 290. The van der Waals surface area contributed by atoms with Crippen molar-refractivity contribution in [3.63, 3.8) is 0 Å². The van der Waals surface area contributed by atoms with Gasteiger partial charge in [-0.15, -0.1) is 0 Å². The zero-order chi connectivity index (χ0) is 15.4. The molecule has 0 aromatic rings. The third kappa shape index (κ3) is 11.8. The highest BCUT2D eigenvalue weighted by Crippen LogP contribution is 2.07. The lowest BCUT2D eigenvalue weighted by Crippen LogP contribution is -2.38. The Morgan fingerprint density at radius 3 is 2.55 bits per heavy atom. The summed E-state index contributed by atoms with van der Waals surface area (Å²) in [5.74, 6) is 1.22. The Morgan fingerprint density at radius 2 is 1.95 bits per heavy atom. The molecule has 0 radical (unpaired) electrons. The van der Waals surface area contributed by atoms with Crippen LogP contribution in [0.1, 0.15) is 59.8 Å². The zero-order valence-corrected chi connectivity index (χ0v) is 13.5. The fraction of sp³-hybridized carbons (Fsp3) is 0.867. The zero-order valence-electron chi connectivity index (χ0n) is 13.5. The molecule has 0 fully saturated rings. The van der Waals surface area contributed by atoms with Gasteiger partial charge in [0.15, 0.2) is 5.96 Å². The number of carbonyl (C=O) groups excluding carboxylic acids is 1. The van der Waals surface area contributed by atoms with Crippen LogP contribution in [0.3, 0.4) is 0 Å². The number of hydrogen-bond acceptors (Lipinski definition) is 2.